The van der Waals surface area contributed by atoms with Gasteiger partial charge < -0.3 is 9.47 Å². The van der Waals surface area contributed by atoms with Crippen molar-refractivity contribution in [2.45, 2.75) is 65.7 Å². The molecule has 0 spiro atoms. The van der Waals surface area contributed by atoms with Gasteiger partial charge in [-0.1, -0.05) is 58.1 Å². The fourth-order valence-corrected chi connectivity index (χ4v) is 2.52. The van der Waals surface area contributed by atoms with E-state index >= 15 is 0 Å². The first-order valence-corrected chi connectivity index (χ1v) is 8.54. The van der Waals surface area contributed by atoms with E-state index in [9.17, 15) is 9.59 Å². The summed E-state index contributed by atoms with van der Waals surface area (Å²) in [6.45, 7) is 5.77. The monoisotopic (exact) mass is 320 g/mol. The van der Waals surface area contributed by atoms with Crippen molar-refractivity contribution in [3.8, 4) is 11.5 Å². The van der Waals surface area contributed by atoms with E-state index in [4.69, 9.17) is 9.47 Å². The first-order chi connectivity index (χ1) is 11.1. The first-order valence-electron chi connectivity index (χ1n) is 8.54. The quantitative estimate of drug-likeness (QED) is 0.349. The highest BCUT2D eigenvalue weighted by molar-refractivity contribution is 5.75. The van der Waals surface area contributed by atoms with Crippen LogP contribution in [0.25, 0.3) is 0 Å². The summed E-state index contributed by atoms with van der Waals surface area (Å²) < 4.78 is 10.3. The SMILES string of the molecule is CCC(CC)CCCCCC(=O)Oc1ccccc1OC(C)=O. The third-order valence-electron chi connectivity index (χ3n) is 3.97. The van der Waals surface area contributed by atoms with Crippen LogP contribution in [-0.2, 0) is 9.59 Å². The average molecular weight is 320 g/mol. The lowest BCUT2D eigenvalue weighted by Gasteiger charge is -2.11. The Morgan fingerprint density at radius 3 is 2.13 bits per heavy atom. The Morgan fingerprint density at radius 1 is 0.957 bits per heavy atom. The third kappa shape index (κ3) is 7.82. The van der Waals surface area contributed by atoms with Crippen LogP contribution in [0.1, 0.15) is 65.7 Å². The topological polar surface area (TPSA) is 52.6 Å². The van der Waals surface area contributed by atoms with E-state index in [0.29, 0.717) is 12.2 Å². The number of carbonyl (C=O) groups is 2. The van der Waals surface area contributed by atoms with Crippen LogP contribution in [0.4, 0.5) is 0 Å². The highest BCUT2D eigenvalue weighted by atomic mass is 16.6. The Hall–Kier alpha value is -1.84. The van der Waals surface area contributed by atoms with Crippen molar-refractivity contribution < 1.29 is 19.1 Å². The molecule has 0 bridgehead atoms. The van der Waals surface area contributed by atoms with Crippen LogP contribution in [0.5, 0.6) is 11.5 Å². The number of hydrogen-bond donors (Lipinski definition) is 0. The molecule has 0 fully saturated rings. The molecular weight excluding hydrogens is 292 g/mol. The Labute approximate surface area is 139 Å². The van der Waals surface area contributed by atoms with Crippen LogP contribution in [0, 0.1) is 5.92 Å². The maximum absolute atomic E-state index is 11.9. The summed E-state index contributed by atoms with van der Waals surface area (Å²) in [6, 6.07) is 6.71. The maximum atomic E-state index is 11.9. The molecule has 128 valence electrons. The van der Waals surface area contributed by atoms with E-state index in [1.807, 2.05) is 0 Å². The normalized spacial score (nSPS) is 10.6. The van der Waals surface area contributed by atoms with Gasteiger partial charge in [-0.25, -0.2) is 0 Å². The van der Waals surface area contributed by atoms with Gasteiger partial charge in [0.2, 0.25) is 0 Å². The van der Waals surface area contributed by atoms with Crippen LogP contribution in [0.2, 0.25) is 0 Å². The van der Waals surface area contributed by atoms with Gasteiger partial charge in [-0.05, 0) is 24.5 Å². The molecule has 1 aromatic carbocycles. The number of rotatable bonds is 10. The van der Waals surface area contributed by atoms with Gasteiger partial charge in [0.25, 0.3) is 0 Å². The number of esters is 2. The first kappa shape index (κ1) is 19.2. The minimum atomic E-state index is -0.435. The van der Waals surface area contributed by atoms with Crippen molar-refractivity contribution in [3.05, 3.63) is 24.3 Å². The molecule has 4 nitrogen and oxygen atoms in total. The van der Waals surface area contributed by atoms with Gasteiger partial charge in [-0.2, -0.15) is 0 Å². The molecule has 0 atom stereocenters. The Kier molecular flexibility index (Phi) is 9.03. The highest BCUT2D eigenvalue weighted by Gasteiger charge is 2.11. The zero-order valence-electron chi connectivity index (χ0n) is 14.5. The highest BCUT2D eigenvalue weighted by Crippen LogP contribution is 2.27. The molecular formula is C19H28O4. The molecule has 0 unspecified atom stereocenters. The number of para-hydroxylation sites is 2. The standard InChI is InChI=1S/C19H28O4/c1-4-16(5-2)11-7-6-8-14-19(21)23-18-13-10-9-12-17(18)22-15(3)20/h9-10,12-13,16H,4-8,11,14H2,1-3H3. The van der Waals surface area contributed by atoms with E-state index in [-0.39, 0.29) is 11.7 Å². The van der Waals surface area contributed by atoms with Gasteiger partial charge >= 0.3 is 11.9 Å². The molecule has 0 aliphatic heterocycles. The largest absolute Gasteiger partial charge is 0.423 e. The van der Waals surface area contributed by atoms with E-state index in [0.717, 1.165) is 25.2 Å². The molecule has 0 saturated heterocycles. The molecule has 0 saturated carbocycles. The maximum Gasteiger partial charge on any atom is 0.311 e. The smallest absolute Gasteiger partial charge is 0.311 e. The third-order valence-corrected chi connectivity index (χ3v) is 3.97. The van der Waals surface area contributed by atoms with E-state index < -0.39 is 5.97 Å². The molecule has 1 rings (SSSR count). The lowest BCUT2D eigenvalue weighted by Crippen LogP contribution is -2.10. The molecule has 0 aliphatic carbocycles. The molecule has 0 amide bonds. The number of ether oxygens (including phenoxy) is 2. The van der Waals surface area contributed by atoms with Gasteiger partial charge in [-0.3, -0.25) is 9.59 Å². The Bertz CT molecular complexity index is 492. The molecule has 0 heterocycles. The predicted molar refractivity (Wildman–Crippen MR) is 90.5 cm³/mol. The van der Waals surface area contributed by atoms with Crippen molar-refractivity contribution in [2.24, 2.45) is 5.92 Å². The molecule has 0 aromatic heterocycles. The van der Waals surface area contributed by atoms with Crippen LogP contribution < -0.4 is 9.47 Å². The second-order valence-corrected chi connectivity index (χ2v) is 5.80. The van der Waals surface area contributed by atoms with Crippen LogP contribution in [0.15, 0.2) is 24.3 Å². The van der Waals surface area contributed by atoms with Crippen LogP contribution in [0.3, 0.4) is 0 Å². The zero-order valence-corrected chi connectivity index (χ0v) is 14.5. The molecule has 23 heavy (non-hydrogen) atoms. The van der Waals surface area contributed by atoms with Crippen LogP contribution >= 0.6 is 0 Å². The van der Waals surface area contributed by atoms with E-state index in [1.54, 1.807) is 24.3 Å². The number of carbonyl (C=O) groups excluding carboxylic acids is 2. The number of unbranched alkanes of at least 4 members (excludes halogenated alkanes) is 2. The second kappa shape index (κ2) is 10.8. The van der Waals surface area contributed by atoms with Gasteiger partial charge in [0.15, 0.2) is 11.5 Å². The van der Waals surface area contributed by atoms with Crippen molar-refractivity contribution >= 4 is 11.9 Å². The zero-order chi connectivity index (χ0) is 17.1. The summed E-state index contributed by atoms with van der Waals surface area (Å²) in [5.41, 5.74) is 0. The van der Waals surface area contributed by atoms with Crippen molar-refractivity contribution in [2.75, 3.05) is 0 Å². The van der Waals surface area contributed by atoms with Gasteiger partial charge in [0.05, 0.1) is 0 Å². The molecule has 0 N–H and O–H groups in total. The van der Waals surface area contributed by atoms with Crippen molar-refractivity contribution in [1.29, 1.82) is 0 Å². The Balaban J connectivity index is 2.33. The van der Waals surface area contributed by atoms with Crippen molar-refractivity contribution in [1.82, 2.24) is 0 Å². The van der Waals surface area contributed by atoms with Crippen LogP contribution in [-0.4, -0.2) is 11.9 Å². The number of hydrogen-bond acceptors (Lipinski definition) is 4. The summed E-state index contributed by atoms with van der Waals surface area (Å²) in [5.74, 6) is 0.659. The summed E-state index contributed by atoms with van der Waals surface area (Å²) in [5, 5.41) is 0. The summed E-state index contributed by atoms with van der Waals surface area (Å²) in [4.78, 5) is 22.9. The predicted octanol–water partition coefficient (Wildman–Crippen LogP) is 4.90. The summed E-state index contributed by atoms with van der Waals surface area (Å²) >= 11 is 0. The number of benzene rings is 1. The lowest BCUT2D eigenvalue weighted by atomic mass is 9.96. The van der Waals surface area contributed by atoms with Gasteiger partial charge in [0, 0.05) is 13.3 Å². The summed E-state index contributed by atoms with van der Waals surface area (Å²) in [6.07, 6.45) is 7.10. The summed E-state index contributed by atoms with van der Waals surface area (Å²) in [7, 11) is 0. The minimum Gasteiger partial charge on any atom is -0.423 e. The molecule has 0 radical (unpaired) electrons. The molecule has 0 aliphatic rings. The van der Waals surface area contributed by atoms with Crippen molar-refractivity contribution in [3.63, 3.8) is 0 Å². The lowest BCUT2D eigenvalue weighted by molar-refractivity contribution is -0.136. The fourth-order valence-electron chi connectivity index (χ4n) is 2.52. The minimum absolute atomic E-state index is 0.280. The molecule has 1 aromatic rings. The van der Waals surface area contributed by atoms with E-state index in [2.05, 4.69) is 13.8 Å². The fraction of sp³-hybridized carbons (Fsp3) is 0.579. The molecule has 4 heteroatoms. The van der Waals surface area contributed by atoms with Gasteiger partial charge in [0.1, 0.15) is 0 Å². The van der Waals surface area contributed by atoms with Gasteiger partial charge in [-0.15, -0.1) is 0 Å². The average Bonchev–Trinajstić information content (AvgIpc) is 2.52. The second-order valence-electron chi connectivity index (χ2n) is 5.80. The Morgan fingerprint density at radius 2 is 1.57 bits per heavy atom. The van der Waals surface area contributed by atoms with E-state index in [1.165, 1.54) is 26.2 Å².